The minimum atomic E-state index is -0.413. The minimum absolute atomic E-state index is 0.255. The maximum Gasteiger partial charge on any atom is 0.167 e. The Hall–Kier alpha value is -1.10. The number of anilines is 2. The minimum Gasteiger partial charge on any atom is -0.490 e. The lowest BCUT2D eigenvalue weighted by atomic mass is 10.2. The first kappa shape index (κ1) is 15.0. The first-order chi connectivity index (χ1) is 8.58. The summed E-state index contributed by atoms with van der Waals surface area (Å²) in [6.07, 6.45) is 2.90. The molecule has 0 heterocycles. The van der Waals surface area contributed by atoms with E-state index < -0.39 is 5.82 Å². The zero-order chi connectivity index (χ0) is 13.5. The number of nitrogen functional groups attached to an aromatic ring is 1. The summed E-state index contributed by atoms with van der Waals surface area (Å²) in [6, 6.07) is 2.93. The second-order valence-corrected chi connectivity index (χ2v) is 5.42. The molecule has 1 atom stereocenters. The normalized spacial score (nSPS) is 12.2. The highest BCUT2D eigenvalue weighted by atomic mass is 32.2. The molecule has 0 fully saturated rings. The lowest BCUT2D eigenvalue weighted by Gasteiger charge is -2.15. The molecular weight excluding hydrogens is 251 g/mol. The number of hydrogen-bond acceptors (Lipinski definition) is 4. The van der Waals surface area contributed by atoms with Crippen molar-refractivity contribution in [3.05, 3.63) is 17.9 Å². The van der Waals surface area contributed by atoms with Crippen LogP contribution in [0, 0.1) is 5.82 Å². The molecule has 0 amide bonds. The topological polar surface area (TPSA) is 47.3 Å². The predicted molar refractivity (Wildman–Crippen MR) is 78.1 cm³/mol. The van der Waals surface area contributed by atoms with Crippen molar-refractivity contribution in [3.63, 3.8) is 0 Å². The Morgan fingerprint density at radius 2 is 2.22 bits per heavy atom. The zero-order valence-electron chi connectivity index (χ0n) is 11.1. The summed E-state index contributed by atoms with van der Waals surface area (Å²) in [5.74, 6) is -0.158. The van der Waals surface area contributed by atoms with Gasteiger partial charge in [0.2, 0.25) is 0 Å². The van der Waals surface area contributed by atoms with E-state index in [1.807, 2.05) is 6.92 Å². The van der Waals surface area contributed by atoms with Crippen molar-refractivity contribution >= 4 is 23.1 Å². The van der Waals surface area contributed by atoms with Crippen molar-refractivity contribution in [1.29, 1.82) is 0 Å². The van der Waals surface area contributed by atoms with Gasteiger partial charge in [-0.1, -0.05) is 13.8 Å². The summed E-state index contributed by atoms with van der Waals surface area (Å²) in [6.45, 7) is 5.38. The van der Waals surface area contributed by atoms with E-state index in [0.717, 1.165) is 18.7 Å². The molecule has 0 saturated carbocycles. The fraction of sp³-hybridized carbons (Fsp3) is 0.538. The standard InChI is InChI=1S/C13H21FN2OS/c1-4-5-17-13-7-12(11(15)6-10(13)14)16-8-9(2)18-3/h6-7,9,16H,4-5,8,15H2,1-3H3. The van der Waals surface area contributed by atoms with E-state index in [-0.39, 0.29) is 5.75 Å². The Kier molecular flexibility index (Phi) is 6.12. The van der Waals surface area contributed by atoms with Crippen molar-refractivity contribution in [2.75, 3.05) is 30.5 Å². The molecule has 0 radical (unpaired) electrons. The number of hydrogen-bond donors (Lipinski definition) is 2. The fourth-order valence-electron chi connectivity index (χ4n) is 1.38. The van der Waals surface area contributed by atoms with E-state index in [1.165, 1.54) is 6.07 Å². The predicted octanol–water partition coefficient (Wildman–Crippen LogP) is 3.36. The van der Waals surface area contributed by atoms with Gasteiger partial charge in [-0.2, -0.15) is 11.8 Å². The Bertz CT molecular complexity index is 387. The smallest absolute Gasteiger partial charge is 0.167 e. The molecule has 0 saturated heterocycles. The van der Waals surface area contributed by atoms with Gasteiger partial charge in [-0.15, -0.1) is 0 Å². The van der Waals surface area contributed by atoms with Crippen LogP contribution in [-0.4, -0.2) is 24.7 Å². The Labute approximate surface area is 112 Å². The fourth-order valence-corrected chi connectivity index (χ4v) is 1.63. The van der Waals surface area contributed by atoms with Crippen LogP contribution >= 0.6 is 11.8 Å². The number of ether oxygens (including phenoxy) is 1. The molecule has 0 spiro atoms. The van der Waals surface area contributed by atoms with Crippen LogP contribution in [0.2, 0.25) is 0 Å². The third kappa shape index (κ3) is 4.29. The first-order valence-corrected chi connectivity index (χ1v) is 7.35. The summed E-state index contributed by atoms with van der Waals surface area (Å²) < 4.78 is 18.9. The number of nitrogens with one attached hydrogen (secondary N) is 1. The Morgan fingerprint density at radius 1 is 1.50 bits per heavy atom. The molecule has 1 rings (SSSR count). The van der Waals surface area contributed by atoms with Crippen molar-refractivity contribution in [2.45, 2.75) is 25.5 Å². The van der Waals surface area contributed by atoms with Crippen LogP contribution in [0.5, 0.6) is 5.75 Å². The molecule has 1 aromatic rings. The molecule has 1 aromatic carbocycles. The summed E-state index contributed by atoms with van der Waals surface area (Å²) in [5.41, 5.74) is 6.91. The molecule has 0 bridgehead atoms. The number of halogens is 1. The third-order valence-corrected chi connectivity index (χ3v) is 3.52. The zero-order valence-corrected chi connectivity index (χ0v) is 11.9. The van der Waals surface area contributed by atoms with Crippen LogP contribution in [0.15, 0.2) is 12.1 Å². The average Bonchev–Trinajstić information content (AvgIpc) is 2.36. The maximum absolute atomic E-state index is 13.6. The highest BCUT2D eigenvalue weighted by molar-refractivity contribution is 7.99. The van der Waals surface area contributed by atoms with Gasteiger partial charge in [0.25, 0.3) is 0 Å². The molecule has 0 aliphatic rings. The lowest BCUT2D eigenvalue weighted by molar-refractivity contribution is 0.301. The third-order valence-electron chi connectivity index (χ3n) is 2.55. The van der Waals surface area contributed by atoms with Crippen molar-refractivity contribution < 1.29 is 9.13 Å². The van der Waals surface area contributed by atoms with Gasteiger partial charge < -0.3 is 15.8 Å². The van der Waals surface area contributed by atoms with Gasteiger partial charge in [0, 0.05) is 23.9 Å². The van der Waals surface area contributed by atoms with Gasteiger partial charge in [-0.05, 0) is 12.7 Å². The van der Waals surface area contributed by atoms with Gasteiger partial charge in [-0.25, -0.2) is 4.39 Å². The van der Waals surface area contributed by atoms with Gasteiger partial charge in [0.1, 0.15) is 0 Å². The Balaban J connectivity index is 2.77. The second kappa shape index (κ2) is 7.36. The van der Waals surface area contributed by atoms with E-state index in [4.69, 9.17) is 10.5 Å². The van der Waals surface area contributed by atoms with Gasteiger partial charge in [0.05, 0.1) is 18.0 Å². The molecule has 1 unspecified atom stereocenters. The van der Waals surface area contributed by atoms with Crippen molar-refractivity contribution in [3.8, 4) is 5.75 Å². The van der Waals surface area contributed by atoms with Crippen LogP contribution in [-0.2, 0) is 0 Å². The van der Waals surface area contributed by atoms with Crippen LogP contribution < -0.4 is 15.8 Å². The maximum atomic E-state index is 13.6. The number of nitrogens with two attached hydrogens (primary N) is 1. The van der Waals surface area contributed by atoms with Gasteiger partial charge >= 0.3 is 0 Å². The number of thioether (sulfide) groups is 1. The number of benzene rings is 1. The van der Waals surface area contributed by atoms with Crippen LogP contribution in [0.4, 0.5) is 15.8 Å². The van der Waals surface area contributed by atoms with Gasteiger partial charge in [0.15, 0.2) is 11.6 Å². The quantitative estimate of drug-likeness (QED) is 0.747. The van der Waals surface area contributed by atoms with Crippen molar-refractivity contribution in [1.82, 2.24) is 0 Å². The molecule has 0 aromatic heterocycles. The summed E-state index contributed by atoms with van der Waals surface area (Å²) >= 11 is 1.76. The molecule has 5 heteroatoms. The van der Waals surface area contributed by atoms with Crippen LogP contribution in [0.25, 0.3) is 0 Å². The van der Waals surface area contributed by atoms with Gasteiger partial charge in [-0.3, -0.25) is 0 Å². The summed E-state index contributed by atoms with van der Waals surface area (Å²) in [4.78, 5) is 0. The summed E-state index contributed by atoms with van der Waals surface area (Å²) in [7, 11) is 0. The molecule has 0 aliphatic carbocycles. The van der Waals surface area contributed by atoms with E-state index in [9.17, 15) is 4.39 Å². The first-order valence-electron chi connectivity index (χ1n) is 6.07. The SMILES string of the molecule is CCCOc1cc(NCC(C)SC)c(N)cc1F. The molecule has 3 N–H and O–H groups in total. The largest absolute Gasteiger partial charge is 0.490 e. The monoisotopic (exact) mass is 272 g/mol. The second-order valence-electron chi connectivity index (χ2n) is 4.15. The highest BCUT2D eigenvalue weighted by Crippen LogP contribution is 2.28. The van der Waals surface area contributed by atoms with Crippen LogP contribution in [0.1, 0.15) is 20.3 Å². The molecule has 102 valence electrons. The van der Waals surface area contributed by atoms with E-state index in [1.54, 1.807) is 17.8 Å². The highest BCUT2D eigenvalue weighted by Gasteiger charge is 2.09. The van der Waals surface area contributed by atoms with Crippen molar-refractivity contribution in [2.24, 2.45) is 0 Å². The van der Waals surface area contributed by atoms with E-state index in [0.29, 0.717) is 17.5 Å². The van der Waals surface area contributed by atoms with E-state index >= 15 is 0 Å². The van der Waals surface area contributed by atoms with E-state index in [2.05, 4.69) is 18.5 Å². The lowest BCUT2D eigenvalue weighted by Crippen LogP contribution is -2.14. The average molecular weight is 272 g/mol. The molecule has 0 aliphatic heterocycles. The number of rotatable bonds is 7. The Morgan fingerprint density at radius 3 is 2.83 bits per heavy atom. The summed E-state index contributed by atoms with van der Waals surface area (Å²) in [5, 5.41) is 3.68. The van der Waals surface area contributed by atoms with Crippen LogP contribution in [0.3, 0.4) is 0 Å². The molecule has 3 nitrogen and oxygen atoms in total. The molecule has 18 heavy (non-hydrogen) atoms. The molecular formula is C13H21FN2OS.